The molecule has 6 heterocycles. The molecule has 4 aliphatic rings. The van der Waals surface area contributed by atoms with E-state index in [1.165, 1.54) is 63.1 Å². The molecule has 4 aliphatic heterocycles. The topological polar surface area (TPSA) is 125 Å². The SMILES string of the molecule is CCc1cc(Nc2nc(NC3CCOCC3)c(-c3ccncc3)nc2C(N)=O)ccc1N1CCC(N2CCC3(CC2)CN(C)C3)CC1. The van der Waals surface area contributed by atoms with Gasteiger partial charge >= 0.3 is 0 Å². The molecule has 47 heavy (non-hydrogen) atoms. The lowest BCUT2D eigenvalue weighted by Crippen LogP contribution is -2.60. The van der Waals surface area contributed by atoms with Crippen molar-refractivity contribution in [2.45, 2.75) is 64.0 Å². The molecule has 0 atom stereocenters. The van der Waals surface area contributed by atoms with Gasteiger partial charge in [-0.25, -0.2) is 9.97 Å². The monoisotopic (exact) mass is 639 g/mol. The molecule has 3 aromatic rings. The summed E-state index contributed by atoms with van der Waals surface area (Å²) in [5.41, 5.74) is 11.4. The summed E-state index contributed by atoms with van der Waals surface area (Å²) in [6, 6.07) is 11.1. The number of hydrogen-bond acceptors (Lipinski definition) is 10. The van der Waals surface area contributed by atoms with E-state index in [4.69, 9.17) is 20.4 Å². The Hall–Kier alpha value is -3.80. The van der Waals surface area contributed by atoms with E-state index in [-0.39, 0.29) is 11.7 Å². The summed E-state index contributed by atoms with van der Waals surface area (Å²) in [5, 5.41) is 6.98. The molecule has 7 rings (SSSR count). The van der Waals surface area contributed by atoms with E-state index in [0.29, 0.717) is 42.0 Å². The molecule has 4 N–H and O–H groups in total. The Labute approximate surface area is 278 Å². The molecule has 0 radical (unpaired) electrons. The molecular weight excluding hydrogens is 590 g/mol. The second kappa shape index (κ2) is 13.7. The van der Waals surface area contributed by atoms with E-state index in [0.717, 1.165) is 43.6 Å². The van der Waals surface area contributed by atoms with E-state index in [1.807, 2.05) is 12.1 Å². The van der Waals surface area contributed by atoms with Gasteiger partial charge in [-0.1, -0.05) is 6.92 Å². The zero-order chi connectivity index (χ0) is 32.4. The van der Waals surface area contributed by atoms with E-state index in [9.17, 15) is 4.79 Å². The number of benzene rings is 1. The fraction of sp³-hybridized carbons (Fsp3) is 0.556. The fourth-order valence-electron chi connectivity index (χ4n) is 8.18. The van der Waals surface area contributed by atoms with E-state index < -0.39 is 5.91 Å². The van der Waals surface area contributed by atoms with Gasteiger partial charge in [0.2, 0.25) is 0 Å². The molecule has 0 bridgehead atoms. The van der Waals surface area contributed by atoms with Crippen molar-refractivity contribution in [1.29, 1.82) is 0 Å². The first-order chi connectivity index (χ1) is 22.9. The highest BCUT2D eigenvalue weighted by molar-refractivity contribution is 5.97. The maximum Gasteiger partial charge on any atom is 0.271 e. The average Bonchev–Trinajstić information content (AvgIpc) is 3.09. The predicted octanol–water partition coefficient (Wildman–Crippen LogP) is 4.53. The van der Waals surface area contributed by atoms with Gasteiger partial charge in [-0.05, 0) is 106 Å². The summed E-state index contributed by atoms with van der Waals surface area (Å²) in [4.78, 5) is 34.3. The van der Waals surface area contributed by atoms with Crippen LogP contribution in [-0.2, 0) is 11.2 Å². The Morgan fingerprint density at radius 1 is 0.979 bits per heavy atom. The van der Waals surface area contributed by atoms with Gasteiger partial charge in [0.05, 0.1) is 0 Å². The van der Waals surface area contributed by atoms with Crippen molar-refractivity contribution < 1.29 is 9.53 Å². The molecule has 4 fully saturated rings. The number of aryl methyl sites for hydroxylation is 1. The summed E-state index contributed by atoms with van der Waals surface area (Å²) >= 11 is 0. The van der Waals surface area contributed by atoms with Crippen LogP contribution in [0.5, 0.6) is 0 Å². The van der Waals surface area contributed by atoms with Gasteiger partial charge in [0.25, 0.3) is 5.91 Å². The second-order valence-electron chi connectivity index (χ2n) is 14.0. The zero-order valence-electron chi connectivity index (χ0n) is 27.9. The maximum absolute atomic E-state index is 12.7. The maximum atomic E-state index is 12.7. The van der Waals surface area contributed by atoms with Gasteiger partial charge in [-0.3, -0.25) is 9.78 Å². The number of aromatic nitrogens is 3. The highest BCUT2D eigenvalue weighted by Gasteiger charge is 2.44. The number of nitrogens with zero attached hydrogens (tertiary/aromatic N) is 6. The molecule has 0 aliphatic carbocycles. The van der Waals surface area contributed by atoms with E-state index in [2.05, 4.69) is 62.5 Å². The van der Waals surface area contributed by atoms with Crippen LogP contribution in [0.2, 0.25) is 0 Å². The Morgan fingerprint density at radius 2 is 1.70 bits per heavy atom. The van der Waals surface area contributed by atoms with E-state index in [1.54, 1.807) is 12.4 Å². The third kappa shape index (κ3) is 6.93. The summed E-state index contributed by atoms with van der Waals surface area (Å²) in [7, 11) is 2.25. The molecule has 1 amide bonds. The number of anilines is 4. The second-order valence-corrected chi connectivity index (χ2v) is 14.0. The molecule has 11 heteroatoms. The average molecular weight is 640 g/mol. The van der Waals surface area contributed by atoms with Crippen molar-refractivity contribution in [2.75, 3.05) is 75.1 Å². The largest absolute Gasteiger partial charge is 0.381 e. The van der Waals surface area contributed by atoms with Crippen LogP contribution in [0.1, 0.15) is 61.5 Å². The van der Waals surface area contributed by atoms with Crippen molar-refractivity contribution >= 4 is 28.9 Å². The van der Waals surface area contributed by atoms with Crippen molar-refractivity contribution in [1.82, 2.24) is 24.8 Å². The smallest absolute Gasteiger partial charge is 0.271 e. The van der Waals surface area contributed by atoms with Crippen LogP contribution in [0, 0.1) is 5.41 Å². The zero-order valence-corrected chi connectivity index (χ0v) is 27.9. The lowest BCUT2D eigenvalue weighted by molar-refractivity contribution is -0.0419. The minimum absolute atomic E-state index is 0.103. The first kappa shape index (κ1) is 31.8. The summed E-state index contributed by atoms with van der Waals surface area (Å²) < 4.78 is 5.56. The van der Waals surface area contributed by atoms with Gasteiger partial charge in [-0.15, -0.1) is 0 Å². The quantitative estimate of drug-likeness (QED) is 0.308. The number of nitrogens with one attached hydrogen (secondary N) is 2. The highest BCUT2D eigenvalue weighted by Crippen LogP contribution is 2.41. The number of nitrogens with two attached hydrogens (primary N) is 1. The van der Waals surface area contributed by atoms with Crippen LogP contribution in [0.15, 0.2) is 42.7 Å². The molecule has 2 aromatic heterocycles. The highest BCUT2D eigenvalue weighted by atomic mass is 16.5. The van der Waals surface area contributed by atoms with Crippen molar-refractivity contribution in [3.63, 3.8) is 0 Å². The molecule has 0 saturated carbocycles. The van der Waals surface area contributed by atoms with Crippen LogP contribution in [0.4, 0.5) is 23.0 Å². The number of primary amides is 1. The first-order valence-electron chi connectivity index (χ1n) is 17.4. The normalized spacial score (nSPS) is 21.0. The van der Waals surface area contributed by atoms with Gasteiger partial charge in [0.1, 0.15) is 5.69 Å². The number of likely N-dealkylation sites (tertiary alicyclic amines) is 2. The Balaban J connectivity index is 1.07. The lowest BCUT2D eigenvalue weighted by atomic mass is 9.72. The molecule has 11 nitrogen and oxygen atoms in total. The molecule has 0 unspecified atom stereocenters. The molecular formula is C36H49N9O2. The third-order valence-electron chi connectivity index (χ3n) is 10.8. The number of rotatable bonds is 9. The fourth-order valence-corrected chi connectivity index (χ4v) is 8.18. The van der Waals surface area contributed by atoms with Crippen LogP contribution in [-0.4, -0.2) is 102 Å². The standard InChI is InChI=1S/C36H49N9O2/c1-3-25-22-28(4-5-30(25)45-16-8-29(9-17-45)44-18-12-36(13-19-44)23-43(2)24-36)40-35-32(33(37)46)41-31(26-6-14-38-15-7-26)34(42-35)39-27-10-20-47-21-11-27/h4-7,14-15,22,27,29H,3,8-13,16-21,23-24H2,1-2H3,(H2,37,46)(H2,39,40,42). The van der Waals surface area contributed by atoms with E-state index >= 15 is 0 Å². The van der Waals surface area contributed by atoms with Gasteiger partial charge in [-0.2, -0.15) is 0 Å². The minimum Gasteiger partial charge on any atom is -0.381 e. The number of ether oxygens (including phenoxy) is 1. The number of pyridine rings is 1. The van der Waals surface area contributed by atoms with Crippen LogP contribution >= 0.6 is 0 Å². The van der Waals surface area contributed by atoms with Gasteiger partial charge in [0.15, 0.2) is 17.3 Å². The molecule has 1 aromatic carbocycles. The number of amides is 1. The lowest BCUT2D eigenvalue weighted by Gasteiger charge is -2.54. The Bertz CT molecular complexity index is 1540. The molecule has 4 saturated heterocycles. The molecule has 250 valence electrons. The third-order valence-corrected chi connectivity index (χ3v) is 10.8. The van der Waals surface area contributed by atoms with Crippen LogP contribution < -0.4 is 21.3 Å². The van der Waals surface area contributed by atoms with Crippen LogP contribution in [0.25, 0.3) is 11.3 Å². The Morgan fingerprint density at radius 3 is 2.36 bits per heavy atom. The van der Waals surface area contributed by atoms with Crippen molar-refractivity contribution in [3.05, 3.63) is 54.0 Å². The number of carbonyl (C=O) groups excluding carboxylic acids is 1. The predicted molar refractivity (Wildman–Crippen MR) is 186 cm³/mol. The van der Waals surface area contributed by atoms with Crippen molar-refractivity contribution in [2.24, 2.45) is 11.1 Å². The number of hydrogen-bond donors (Lipinski definition) is 3. The van der Waals surface area contributed by atoms with Crippen LogP contribution in [0.3, 0.4) is 0 Å². The molecule has 1 spiro atoms. The summed E-state index contributed by atoms with van der Waals surface area (Å²) in [6.07, 6.45) is 11.2. The summed E-state index contributed by atoms with van der Waals surface area (Å²) in [5.74, 6) is 0.319. The Kier molecular flexibility index (Phi) is 9.29. The van der Waals surface area contributed by atoms with Gasteiger partial charge < -0.3 is 35.8 Å². The number of piperidine rings is 2. The number of carbonyl (C=O) groups is 1. The first-order valence-corrected chi connectivity index (χ1v) is 17.4. The van der Waals surface area contributed by atoms with Gasteiger partial charge in [0, 0.05) is 80.8 Å². The van der Waals surface area contributed by atoms with Crippen molar-refractivity contribution in [3.8, 4) is 11.3 Å². The summed E-state index contributed by atoms with van der Waals surface area (Å²) in [6.45, 7) is 10.8. The minimum atomic E-state index is -0.632.